The van der Waals surface area contributed by atoms with Gasteiger partial charge in [0.15, 0.2) is 0 Å². The molecule has 1 aromatic rings. The highest BCUT2D eigenvalue weighted by Crippen LogP contribution is 2.26. The predicted molar refractivity (Wildman–Crippen MR) is 67.8 cm³/mol. The summed E-state index contributed by atoms with van der Waals surface area (Å²) in [5.41, 5.74) is 2.92. The SMILES string of the molecule is c1ccc(N2CCCC2)c(CNC2CC2)c1. The van der Waals surface area contributed by atoms with Gasteiger partial charge in [-0.15, -0.1) is 0 Å². The van der Waals surface area contributed by atoms with E-state index in [0.717, 1.165) is 12.6 Å². The smallest absolute Gasteiger partial charge is 0.0411 e. The van der Waals surface area contributed by atoms with Gasteiger partial charge in [-0.25, -0.2) is 0 Å². The zero-order chi connectivity index (χ0) is 10.8. The zero-order valence-electron chi connectivity index (χ0n) is 9.78. The van der Waals surface area contributed by atoms with E-state index in [0.29, 0.717) is 0 Å². The highest BCUT2D eigenvalue weighted by Gasteiger charge is 2.21. The fourth-order valence-corrected chi connectivity index (χ4v) is 2.47. The van der Waals surface area contributed by atoms with Crippen molar-refractivity contribution in [2.75, 3.05) is 18.0 Å². The van der Waals surface area contributed by atoms with Gasteiger partial charge in [0.25, 0.3) is 0 Å². The molecule has 1 N–H and O–H groups in total. The molecule has 1 saturated heterocycles. The van der Waals surface area contributed by atoms with Gasteiger partial charge in [-0.1, -0.05) is 18.2 Å². The summed E-state index contributed by atoms with van der Waals surface area (Å²) in [6.07, 6.45) is 5.44. The van der Waals surface area contributed by atoms with Crippen molar-refractivity contribution in [1.29, 1.82) is 0 Å². The minimum absolute atomic E-state index is 0.798. The van der Waals surface area contributed by atoms with E-state index in [4.69, 9.17) is 0 Å². The van der Waals surface area contributed by atoms with E-state index in [1.165, 1.54) is 50.0 Å². The summed E-state index contributed by atoms with van der Waals surface area (Å²) in [4.78, 5) is 2.53. The first-order valence-corrected chi connectivity index (χ1v) is 6.50. The molecule has 0 bridgehead atoms. The van der Waals surface area contributed by atoms with Gasteiger partial charge in [-0.3, -0.25) is 0 Å². The maximum Gasteiger partial charge on any atom is 0.0411 e. The van der Waals surface area contributed by atoms with Crippen molar-refractivity contribution < 1.29 is 0 Å². The first kappa shape index (κ1) is 10.2. The van der Waals surface area contributed by atoms with Crippen LogP contribution in [0.15, 0.2) is 24.3 Å². The van der Waals surface area contributed by atoms with Crippen molar-refractivity contribution in [3.05, 3.63) is 29.8 Å². The third-order valence-electron chi connectivity index (χ3n) is 3.60. The third-order valence-corrected chi connectivity index (χ3v) is 3.60. The summed E-state index contributed by atoms with van der Waals surface area (Å²) in [6.45, 7) is 3.51. The Kier molecular flexibility index (Phi) is 2.83. The number of nitrogens with zero attached hydrogens (tertiary/aromatic N) is 1. The lowest BCUT2D eigenvalue weighted by atomic mass is 10.1. The summed E-state index contributed by atoms with van der Waals surface area (Å²) in [5, 5.41) is 3.61. The molecule has 16 heavy (non-hydrogen) atoms. The fraction of sp³-hybridized carbons (Fsp3) is 0.571. The van der Waals surface area contributed by atoms with Gasteiger partial charge in [-0.2, -0.15) is 0 Å². The first-order valence-electron chi connectivity index (χ1n) is 6.50. The number of para-hydroxylation sites is 1. The highest BCUT2D eigenvalue weighted by molar-refractivity contribution is 5.54. The zero-order valence-corrected chi connectivity index (χ0v) is 9.78. The van der Waals surface area contributed by atoms with Crippen LogP contribution in [-0.4, -0.2) is 19.1 Å². The van der Waals surface area contributed by atoms with Crippen LogP contribution >= 0.6 is 0 Å². The third kappa shape index (κ3) is 2.22. The molecule has 0 amide bonds. The Labute approximate surface area is 97.6 Å². The van der Waals surface area contributed by atoms with Crippen molar-refractivity contribution in [1.82, 2.24) is 5.32 Å². The van der Waals surface area contributed by atoms with E-state index in [2.05, 4.69) is 34.5 Å². The number of hydrogen-bond donors (Lipinski definition) is 1. The number of rotatable bonds is 4. The second kappa shape index (κ2) is 4.46. The first-order chi connectivity index (χ1) is 7.93. The molecular formula is C14H20N2. The van der Waals surface area contributed by atoms with Gasteiger partial charge in [0, 0.05) is 31.4 Å². The Morgan fingerprint density at radius 3 is 2.62 bits per heavy atom. The Hall–Kier alpha value is -1.02. The van der Waals surface area contributed by atoms with Crippen LogP contribution in [0, 0.1) is 0 Å². The Bertz CT molecular complexity index is 352. The van der Waals surface area contributed by atoms with Crippen LogP contribution < -0.4 is 10.2 Å². The van der Waals surface area contributed by atoms with Crippen molar-refractivity contribution in [3.63, 3.8) is 0 Å². The Morgan fingerprint density at radius 2 is 1.88 bits per heavy atom. The van der Waals surface area contributed by atoms with Crippen LogP contribution in [0.2, 0.25) is 0 Å². The lowest BCUT2D eigenvalue weighted by molar-refractivity contribution is 0.686. The van der Waals surface area contributed by atoms with E-state index in [1.54, 1.807) is 0 Å². The summed E-state index contributed by atoms with van der Waals surface area (Å²) in [5.74, 6) is 0. The molecule has 1 aliphatic carbocycles. The van der Waals surface area contributed by atoms with Crippen LogP contribution in [0.4, 0.5) is 5.69 Å². The highest BCUT2D eigenvalue weighted by atomic mass is 15.1. The molecule has 1 aromatic carbocycles. The second-order valence-corrected chi connectivity index (χ2v) is 4.98. The molecule has 0 atom stereocenters. The molecule has 3 rings (SSSR count). The van der Waals surface area contributed by atoms with Crippen molar-refractivity contribution in [2.45, 2.75) is 38.3 Å². The number of benzene rings is 1. The largest absolute Gasteiger partial charge is 0.371 e. The Morgan fingerprint density at radius 1 is 1.12 bits per heavy atom. The molecule has 86 valence electrons. The minimum atomic E-state index is 0.798. The summed E-state index contributed by atoms with van der Waals surface area (Å²) in [7, 11) is 0. The minimum Gasteiger partial charge on any atom is -0.371 e. The van der Waals surface area contributed by atoms with Crippen LogP contribution in [-0.2, 0) is 6.54 Å². The average Bonchev–Trinajstić information content (AvgIpc) is 3.00. The number of hydrogen-bond acceptors (Lipinski definition) is 2. The van der Waals surface area contributed by atoms with Gasteiger partial charge in [-0.05, 0) is 37.3 Å². The molecule has 2 fully saturated rings. The summed E-state index contributed by atoms with van der Waals surface area (Å²) >= 11 is 0. The molecule has 2 aliphatic rings. The standard InChI is InChI=1S/C14H20N2/c1-2-6-14(16-9-3-4-10-16)12(5-1)11-15-13-7-8-13/h1-2,5-6,13,15H,3-4,7-11H2. The molecule has 0 spiro atoms. The Balaban J connectivity index is 1.73. The second-order valence-electron chi connectivity index (χ2n) is 4.98. The summed E-state index contributed by atoms with van der Waals surface area (Å²) in [6, 6.07) is 9.65. The monoisotopic (exact) mass is 216 g/mol. The van der Waals surface area contributed by atoms with E-state index in [9.17, 15) is 0 Å². The molecule has 2 nitrogen and oxygen atoms in total. The maximum atomic E-state index is 3.61. The number of anilines is 1. The summed E-state index contributed by atoms with van der Waals surface area (Å²) < 4.78 is 0. The van der Waals surface area contributed by atoms with Crippen molar-refractivity contribution in [3.8, 4) is 0 Å². The maximum absolute atomic E-state index is 3.61. The molecule has 0 radical (unpaired) electrons. The fourth-order valence-electron chi connectivity index (χ4n) is 2.47. The molecule has 1 saturated carbocycles. The van der Waals surface area contributed by atoms with Gasteiger partial charge in [0.05, 0.1) is 0 Å². The van der Waals surface area contributed by atoms with Crippen molar-refractivity contribution >= 4 is 5.69 Å². The molecule has 2 heteroatoms. The van der Waals surface area contributed by atoms with E-state index >= 15 is 0 Å². The quantitative estimate of drug-likeness (QED) is 0.832. The molecular weight excluding hydrogens is 196 g/mol. The van der Waals surface area contributed by atoms with E-state index in [1.807, 2.05) is 0 Å². The van der Waals surface area contributed by atoms with Gasteiger partial charge >= 0.3 is 0 Å². The van der Waals surface area contributed by atoms with Gasteiger partial charge in [0.2, 0.25) is 0 Å². The molecule has 0 aromatic heterocycles. The van der Waals surface area contributed by atoms with E-state index < -0.39 is 0 Å². The molecule has 0 unspecified atom stereocenters. The number of nitrogens with one attached hydrogen (secondary N) is 1. The lowest BCUT2D eigenvalue weighted by Crippen LogP contribution is -2.22. The topological polar surface area (TPSA) is 15.3 Å². The normalized spacial score (nSPS) is 20.4. The van der Waals surface area contributed by atoms with Gasteiger partial charge in [0.1, 0.15) is 0 Å². The lowest BCUT2D eigenvalue weighted by Gasteiger charge is -2.21. The van der Waals surface area contributed by atoms with Crippen LogP contribution in [0.25, 0.3) is 0 Å². The van der Waals surface area contributed by atoms with Gasteiger partial charge < -0.3 is 10.2 Å². The average molecular weight is 216 g/mol. The van der Waals surface area contributed by atoms with Crippen LogP contribution in [0.5, 0.6) is 0 Å². The van der Waals surface area contributed by atoms with Crippen LogP contribution in [0.3, 0.4) is 0 Å². The van der Waals surface area contributed by atoms with Crippen LogP contribution in [0.1, 0.15) is 31.2 Å². The molecule has 1 heterocycles. The van der Waals surface area contributed by atoms with Crippen molar-refractivity contribution in [2.24, 2.45) is 0 Å². The van der Waals surface area contributed by atoms with E-state index in [-0.39, 0.29) is 0 Å². The molecule has 1 aliphatic heterocycles. The predicted octanol–water partition coefficient (Wildman–Crippen LogP) is 2.54.